The molecule has 3 aromatic carbocycles. The van der Waals surface area contributed by atoms with Crippen LogP contribution in [0.4, 0.5) is 0 Å². The molecule has 30 heavy (non-hydrogen) atoms. The van der Waals surface area contributed by atoms with E-state index in [0.29, 0.717) is 28.2 Å². The molecule has 152 valence electrons. The molecule has 0 atom stereocenters. The largest absolute Gasteiger partial charge is 0.491 e. The van der Waals surface area contributed by atoms with Gasteiger partial charge in [0.05, 0.1) is 11.6 Å². The highest BCUT2D eigenvalue weighted by atomic mass is 35.5. The molecule has 4 aromatic rings. The summed E-state index contributed by atoms with van der Waals surface area (Å²) >= 11 is 13.8. The van der Waals surface area contributed by atoms with E-state index in [2.05, 4.69) is 39.9 Å². The van der Waals surface area contributed by atoms with Gasteiger partial charge in [-0.3, -0.25) is 4.57 Å². The minimum atomic E-state index is 0.505. The highest BCUT2D eigenvalue weighted by Gasteiger charge is 2.16. The highest BCUT2D eigenvalue weighted by molar-refractivity contribution is 7.99. The van der Waals surface area contributed by atoms with Crippen LogP contribution in [-0.2, 0) is 0 Å². The summed E-state index contributed by atoms with van der Waals surface area (Å²) in [6.07, 6.45) is 0. The number of aromatic nitrogens is 3. The monoisotopic (exact) mass is 455 g/mol. The van der Waals surface area contributed by atoms with Crippen molar-refractivity contribution in [2.45, 2.75) is 12.1 Å². The van der Waals surface area contributed by atoms with Gasteiger partial charge in [0.1, 0.15) is 5.75 Å². The maximum atomic E-state index is 6.15. The summed E-state index contributed by atoms with van der Waals surface area (Å²) in [7, 11) is 0. The molecule has 4 rings (SSSR count). The molecule has 0 bridgehead atoms. The summed E-state index contributed by atoms with van der Waals surface area (Å²) < 4.78 is 7.87. The summed E-state index contributed by atoms with van der Waals surface area (Å²) in [5.74, 6) is 2.16. The Morgan fingerprint density at radius 3 is 2.50 bits per heavy atom. The first-order chi connectivity index (χ1) is 14.6. The number of nitrogens with zero attached hydrogens (tertiary/aromatic N) is 3. The van der Waals surface area contributed by atoms with Crippen molar-refractivity contribution in [3.05, 3.63) is 88.4 Å². The zero-order valence-electron chi connectivity index (χ0n) is 16.3. The Balaban J connectivity index is 1.58. The summed E-state index contributed by atoms with van der Waals surface area (Å²) in [5, 5.41) is 11.0. The zero-order valence-corrected chi connectivity index (χ0v) is 18.6. The SMILES string of the molecule is Cc1cccc(-n2c(SCCOc3ccccc3Cl)nnc2-c2ccc(Cl)cc2)c1. The molecule has 0 amide bonds. The van der Waals surface area contributed by atoms with Gasteiger partial charge in [-0.25, -0.2) is 0 Å². The van der Waals surface area contributed by atoms with Gasteiger partial charge in [-0.2, -0.15) is 0 Å². The lowest BCUT2D eigenvalue weighted by Gasteiger charge is -2.12. The van der Waals surface area contributed by atoms with Crippen LogP contribution in [-0.4, -0.2) is 27.1 Å². The Hall–Kier alpha value is -2.47. The number of hydrogen-bond donors (Lipinski definition) is 0. The van der Waals surface area contributed by atoms with Gasteiger partial charge in [0, 0.05) is 22.0 Å². The van der Waals surface area contributed by atoms with E-state index in [1.807, 2.05) is 54.6 Å². The number of benzene rings is 3. The van der Waals surface area contributed by atoms with E-state index in [4.69, 9.17) is 27.9 Å². The lowest BCUT2D eigenvalue weighted by molar-refractivity contribution is 0.344. The molecule has 0 aliphatic carbocycles. The number of thioether (sulfide) groups is 1. The standard InChI is InChI=1S/C23H19Cl2N3OS/c1-16-5-4-6-19(15-16)28-22(17-9-11-18(24)12-10-17)26-27-23(28)30-14-13-29-21-8-3-2-7-20(21)25/h2-12,15H,13-14H2,1H3. The second-order valence-electron chi connectivity index (χ2n) is 6.61. The van der Waals surface area contributed by atoms with Crippen molar-refractivity contribution in [3.63, 3.8) is 0 Å². The van der Waals surface area contributed by atoms with Gasteiger partial charge >= 0.3 is 0 Å². The molecule has 0 spiro atoms. The molecule has 0 saturated heterocycles. The van der Waals surface area contributed by atoms with Crippen molar-refractivity contribution in [1.29, 1.82) is 0 Å². The first kappa shape index (κ1) is 20.8. The van der Waals surface area contributed by atoms with Crippen molar-refractivity contribution in [1.82, 2.24) is 14.8 Å². The Morgan fingerprint density at radius 1 is 0.933 bits per heavy atom. The highest BCUT2D eigenvalue weighted by Crippen LogP contribution is 2.29. The molecule has 1 aromatic heterocycles. The van der Waals surface area contributed by atoms with Crippen LogP contribution < -0.4 is 4.74 Å². The number of para-hydroxylation sites is 1. The van der Waals surface area contributed by atoms with Crippen molar-refractivity contribution in [3.8, 4) is 22.8 Å². The summed E-state index contributed by atoms with van der Waals surface area (Å²) in [6, 6.07) is 23.4. The normalized spacial score (nSPS) is 10.9. The average molecular weight is 456 g/mol. The number of ether oxygens (including phenoxy) is 1. The van der Waals surface area contributed by atoms with Gasteiger partial charge in [0.2, 0.25) is 0 Å². The van der Waals surface area contributed by atoms with Crippen LogP contribution in [0.2, 0.25) is 10.0 Å². The van der Waals surface area contributed by atoms with Gasteiger partial charge in [-0.1, -0.05) is 59.2 Å². The molecule has 0 fully saturated rings. The molecule has 0 aliphatic rings. The van der Waals surface area contributed by atoms with Gasteiger partial charge in [0.25, 0.3) is 0 Å². The third-order valence-electron chi connectivity index (χ3n) is 4.40. The number of halogens is 2. The molecular weight excluding hydrogens is 437 g/mol. The van der Waals surface area contributed by atoms with E-state index in [-0.39, 0.29) is 0 Å². The molecule has 7 heteroatoms. The van der Waals surface area contributed by atoms with Crippen molar-refractivity contribution < 1.29 is 4.74 Å². The van der Waals surface area contributed by atoms with Gasteiger partial charge in [-0.15, -0.1) is 10.2 Å². The first-order valence-corrected chi connectivity index (χ1v) is 11.1. The average Bonchev–Trinajstić information content (AvgIpc) is 3.17. The maximum absolute atomic E-state index is 6.15. The van der Waals surface area contributed by atoms with E-state index in [9.17, 15) is 0 Å². The number of aryl methyl sites for hydroxylation is 1. The third-order valence-corrected chi connectivity index (χ3v) is 5.86. The fourth-order valence-electron chi connectivity index (χ4n) is 3.00. The van der Waals surface area contributed by atoms with E-state index in [1.165, 1.54) is 5.56 Å². The van der Waals surface area contributed by atoms with Gasteiger partial charge < -0.3 is 4.74 Å². The van der Waals surface area contributed by atoms with Crippen molar-refractivity contribution in [2.24, 2.45) is 0 Å². The summed E-state index contributed by atoms with van der Waals surface area (Å²) in [6.45, 7) is 2.57. The van der Waals surface area contributed by atoms with E-state index >= 15 is 0 Å². The minimum absolute atomic E-state index is 0.505. The molecule has 0 unspecified atom stereocenters. The van der Waals surface area contributed by atoms with Gasteiger partial charge in [0.15, 0.2) is 11.0 Å². The van der Waals surface area contributed by atoms with E-state index in [0.717, 1.165) is 22.2 Å². The van der Waals surface area contributed by atoms with Crippen LogP contribution in [0.1, 0.15) is 5.56 Å². The smallest absolute Gasteiger partial charge is 0.196 e. The molecule has 0 saturated carbocycles. The van der Waals surface area contributed by atoms with Crippen LogP contribution in [0.15, 0.2) is 78.0 Å². The minimum Gasteiger partial charge on any atom is -0.491 e. The van der Waals surface area contributed by atoms with Gasteiger partial charge in [-0.05, 0) is 61.0 Å². The number of hydrogen-bond acceptors (Lipinski definition) is 4. The molecule has 0 aliphatic heterocycles. The predicted molar refractivity (Wildman–Crippen MR) is 124 cm³/mol. The molecule has 4 nitrogen and oxygen atoms in total. The van der Waals surface area contributed by atoms with Crippen LogP contribution in [0.25, 0.3) is 17.1 Å². The fourth-order valence-corrected chi connectivity index (χ4v) is 4.08. The maximum Gasteiger partial charge on any atom is 0.196 e. The molecule has 0 radical (unpaired) electrons. The predicted octanol–water partition coefficient (Wildman–Crippen LogP) is 6.72. The first-order valence-electron chi connectivity index (χ1n) is 9.40. The van der Waals surface area contributed by atoms with E-state index < -0.39 is 0 Å². The van der Waals surface area contributed by atoms with Crippen molar-refractivity contribution >= 4 is 35.0 Å². The Bertz CT molecular complexity index is 1150. The number of rotatable bonds is 7. The van der Waals surface area contributed by atoms with Crippen LogP contribution in [0, 0.1) is 6.92 Å². The Labute approximate surface area is 189 Å². The Kier molecular flexibility index (Phi) is 6.62. The second-order valence-corrected chi connectivity index (χ2v) is 8.52. The lowest BCUT2D eigenvalue weighted by atomic mass is 10.2. The van der Waals surface area contributed by atoms with E-state index in [1.54, 1.807) is 11.8 Å². The molecule has 1 heterocycles. The van der Waals surface area contributed by atoms with Crippen LogP contribution in [0.5, 0.6) is 5.75 Å². The quantitative estimate of drug-likeness (QED) is 0.229. The summed E-state index contributed by atoms with van der Waals surface area (Å²) in [4.78, 5) is 0. The molecule has 0 N–H and O–H groups in total. The summed E-state index contributed by atoms with van der Waals surface area (Å²) in [5.41, 5.74) is 3.13. The fraction of sp³-hybridized carbons (Fsp3) is 0.130. The van der Waals surface area contributed by atoms with Crippen molar-refractivity contribution in [2.75, 3.05) is 12.4 Å². The Morgan fingerprint density at radius 2 is 1.73 bits per heavy atom. The second kappa shape index (κ2) is 9.56. The van der Waals surface area contributed by atoms with Crippen LogP contribution >= 0.6 is 35.0 Å². The molecular formula is C23H19Cl2N3OS. The third kappa shape index (κ3) is 4.81. The zero-order chi connectivity index (χ0) is 20.9. The topological polar surface area (TPSA) is 39.9 Å². The lowest BCUT2D eigenvalue weighted by Crippen LogP contribution is -2.04. The van der Waals surface area contributed by atoms with Crippen LogP contribution in [0.3, 0.4) is 0 Å².